The topological polar surface area (TPSA) is 66.6 Å². The number of carbonyl (C=O) groups excluding carboxylic acids is 1. The van der Waals surface area contributed by atoms with Crippen molar-refractivity contribution >= 4 is 23.2 Å². The number of halogens is 1. The summed E-state index contributed by atoms with van der Waals surface area (Å²) in [6.45, 7) is 4.06. The number of hydrogen-bond donors (Lipinski definition) is 2. The second-order valence-corrected chi connectivity index (χ2v) is 3.91. The van der Waals surface area contributed by atoms with Crippen molar-refractivity contribution in [1.82, 2.24) is 4.90 Å². The van der Waals surface area contributed by atoms with Crippen LogP contribution in [0.25, 0.3) is 0 Å². The van der Waals surface area contributed by atoms with E-state index in [1.807, 2.05) is 0 Å². The first-order chi connectivity index (χ1) is 8.10. The number of carbonyl (C=O) groups is 1. The number of nitrogens with two attached hydrogens (primary N) is 1. The third-order valence-electron chi connectivity index (χ3n) is 2.23. The van der Waals surface area contributed by atoms with Crippen LogP contribution in [0.15, 0.2) is 30.9 Å². The van der Waals surface area contributed by atoms with E-state index in [1.54, 1.807) is 18.2 Å². The molecule has 4 nitrogen and oxygen atoms in total. The number of benzene rings is 1. The van der Waals surface area contributed by atoms with E-state index in [4.69, 9.17) is 22.4 Å². The molecular weight excluding hydrogens is 240 g/mol. The van der Waals surface area contributed by atoms with Crippen LogP contribution in [-0.4, -0.2) is 35.6 Å². The molecule has 0 unspecified atom stereocenters. The van der Waals surface area contributed by atoms with Crippen LogP contribution in [0.3, 0.4) is 0 Å². The Morgan fingerprint density at radius 3 is 2.82 bits per heavy atom. The van der Waals surface area contributed by atoms with Gasteiger partial charge < -0.3 is 15.7 Å². The van der Waals surface area contributed by atoms with Gasteiger partial charge >= 0.3 is 0 Å². The van der Waals surface area contributed by atoms with Gasteiger partial charge in [0.1, 0.15) is 0 Å². The van der Waals surface area contributed by atoms with Gasteiger partial charge in [0.15, 0.2) is 0 Å². The summed E-state index contributed by atoms with van der Waals surface area (Å²) < 4.78 is 0. The van der Waals surface area contributed by atoms with Crippen LogP contribution in [0, 0.1) is 0 Å². The van der Waals surface area contributed by atoms with Crippen molar-refractivity contribution < 1.29 is 9.90 Å². The summed E-state index contributed by atoms with van der Waals surface area (Å²) in [5.74, 6) is -0.246. The minimum atomic E-state index is -0.246. The Morgan fingerprint density at radius 1 is 1.59 bits per heavy atom. The van der Waals surface area contributed by atoms with Crippen molar-refractivity contribution in [1.29, 1.82) is 0 Å². The van der Waals surface area contributed by atoms with Gasteiger partial charge in [-0.05, 0) is 18.2 Å². The molecule has 0 aliphatic carbocycles. The van der Waals surface area contributed by atoms with E-state index in [0.29, 0.717) is 22.8 Å². The van der Waals surface area contributed by atoms with E-state index >= 15 is 0 Å². The Bertz CT molecular complexity index is 421. The normalized spacial score (nSPS) is 10.0. The van der Waals surface area contributed by atoms with E-state index in [1.165, 1.54) is 11.0 Å². The molecule has 0 saturated carbocycles. The summed E-state index contributed by atoms with van der Waals surface area (Å²) in [6, 6.07) is 4.72. The van der Waals surface area contributed by atoms with Crippen LogP contribution in [-0.2, 0) is 0 Å². The standard InChI is InChI=1S/C12H15ClN2O2/c1-2-5-15(6-7-16)12(17)10-4-3-9(14)8-11(10)13/h2-4,8,16H,1,5-7,14H2. The van der Waals surface area contributed by atoms with Gasteiger partial charge in [0.2, 0.25) is 0 Å². The summed E-state index contributed by atoms with van der Waals surface area (Å²) in [5, 5.41) is 9.20. The zero-order chi connectivity index (χ0) is 12.8. The highest BCUT2D eigenvalue weighted by molar-refractivity contribution is 6.34. The van der Waals surface area contributed by atoms with Crippen molar-refractivity contribution in [3.8, 4) is 0 Å². The van der Waals surface area contributed by atoms with Crippen LogP contribution in [0.1, 0.15) is 10.4 Å². The monoisotopic (exact) mass is 254 g/mol. The SMILES string of the molecule is C=CCN(CCO)C(=O)c1ccc(N)cc1Cl. The van der Waals surface area contributed by atoms with Gasteiger partial charge in [-0.3, -0.25) is 4.79 Å². The average molecular weight is 255 g/mol. The maximum absolute atomic E-state index is 12.1. The lowest BCUT2D eigenvalue weighted by atomic mass is 10.1. The predicted molar refractivity (Wildman–Crippen MR) is 69.1 cm³/mol. The van der Waals surface area contributed by atoms with Gasteiger partial charge in [0.05, 0.1) is 17.2 Å². The second kappa shape index (κ2) is 6.27. The molecule has 0 saturated heterocycles. The Morgan fingerprint density at radius 2 is 2.29 bits per heavy atom. The van der Waals surface area contributed by atoms with Crippen LogP contribution in [0.5, 0.6) is 0 Å². The van der Waals surface area contributed by atoms with Gasteiger partial charge in [0.25, 0.3) is 5.91 Å². The minimum absolute atomic E-state index is 0.105. The lowest BCUT2D eigenvalue weighted by Crippen LogP contribution is -2.33. The van der Waals surface area contributed by atoms with Gasteiger partial charge in [-0.2, -0.15) is 0 Å². The maximum Gasteiger partial charge on any atom is 0.255 e. The molecule has 0 atom stereocenters. The molecular formula is C12H15ClN2O2. The van der Waals surface area contributed by atoms with Crippen LogP contribution >= 0.6 is 11.6 Å². The summed E-state index contributed by atoms with van der Waals surface area (Å²) in [4.78, 5) is 13.6. The van der Waals surface area contributed by atoms with E-state index in [2.05, 4.69) is 6.58 Å². The van der Waals surface area contributed by atoms with Gasteiger partial charge in [-0.1, -0.05) is 17.7 Å². The quantitative estimate of drug-likeness (QED) is 0.619. The van der Waals surface area contributed by atoms with Crippen molar-refractivity contribution in [2.75, 3.05) is 25.4 Å². The molecule has 17 heavy (non-hydrogen) atoms. The number of aliphatic hydroxyl groups is 1. The van der Waals surface area contributed by atoms with Crippen LogP contribution < -0.4 is 5.73 Å². The fourth-order valence-electron chi connectivity index (χ4n) is 1.43. The van der Waals surface area contributed by atoms with Crippen molar-refractivity contribution in [2.45, 2.75) is 0 Å². The lowest BCUT2D eigenvalue weighted by Gasteiger charge is -2.20. The third-order valence-corrected chi connectivity index (χ3v) is 2.54. The molecule has 0 aliphatic rings. The summed E-state index contributed by atoms with van der Waals surface area (Å²) in [6.07, 6.45) is 1.60. The highest BCUT2D eigenvalue weighted by Gasteiger charge is 2.16. The van der Waals surface area contributed by atoms with Crippen LogP contribution in [0.4, 0.5) is 5.69 Å². The fourth-order valence-corrected chi connectivity index (χ4v) is 1.70. The second-order valence-electron chi connectivity index (χ2n) is 3.50. The predicted octanol–water partition coefficient (Wildman–Crippen LogP) is 1.54. The average Bonchev–Trinajstić information content (AvgIpc) is 2.28. The number of nitrogens with zero attached hydrogens (tertiary/aromatic N) is 1. The fraction of sp³-hybridized carbons (Fsp3) is 0.250. The zero-order valence-corrected chi connectivity index (χ0v) is 10.2. The van der Waals surface area contributed by atoms with Crippen molar-refractivity contribution in [3.05, 3.63) is 41.4 Å². The highest BCUT2D eigenvalue weighted by atomic mass is 35.5. The number of amides is 1. The molecule has 1 rings (SSSR count). The van der Waals surface area contributed by atoms with Gasteiger partial charge in [-0.25, -0.2) is 0 Å². The molecule has 0 fully saturated rings. The number of aliphatic hydroxyl groups excluding tert-OH is 1. The minimum Gasteiger partial charge on any atom is -0.399 e. The zero-order valence-electron chi connectivity index (χ0n) is 9.40. The lowest BCUT2D eigenvalue weighted by molar-refractivity contribution is 0.0743. The molecule has 0 aliphatic heterocycles. The molecule has 1 amide bonds. The Balaban J connectivity index is 2.96. The molecule has 0 spiro atoms. The molecule has 0 heterocycles. The van der Waals surface area contributed by atoms with Crippen LogP contribution in [0.2, 0.25) is 5.02 Å². The molecule has 0 bridgehead atoms. The highest BCUT2D eigenvalue weighted by Crippen LogP contribution is 2.20. The first-order valence-electron chi connectivity index (χ1n) is 5.16. The van der Waals surface area contributed by atoms with E-state index in [-0.39, 0.29) is 19.1 Å². The summed E-state index contributed by atoms with van der Waals surface area (Å²) in [7, 11) is 0. The van der Waals surface area contributed by atoms with E-state index in [0.717, 1.165) is 0 Å². The largest absolute Gasteiger partial charge is 0.399 e. The molecule has 5 heteroatoms. The van der Waals surface area contributed by atoms with Gasteiger partial charge in [-0.15, -0.1) is 6.58 Å². The van der Waals surface area contributed by atoms with Crippen molar-refractivity contribution in [3.63, 3.8) is 0 Å². The molecule has 92 valence electrons. The Hall–Kier alpha value is -1.52. The Labute approximate surface area is 105 Å². The number of rotatable bonds is 5. The van der Waals surface area contributed by atoms with E-state index < -0.39 is 0 Å². The number of hydrogen-bond acceptors (Lipinski definition) is 3. The summed E-state index contributed by atoms with van der Waals surface area (Å²) >= 11 is 5.95. The molecule has 1 aromatic carbocycles. The first kappa shape index (κ1) is 13.5. The molecule has 0 radical (unpaired) electrons. The Kier molecular flexibility index (Phi) is 5.00. The van der Waals surface area contributed by atoms with E-state index in [9.17, 15) is 4.79 Å². The van der Waals surface area contributed by atoms with Crippen molar-refractivity contribution in [2.24, 2.45) is 0 Å². The third kappa shape index (κ3) is 3.47. The summed E-state index contributed by atoms with van der Waals surface area (Å²) in [5.41, 5.74) is 6.43. The maximum atomic E-state index is 12.1. The molecule has 3 N–H and O–H groups in total. The number of nitrogen functional groups attached to an aromatic ring is 1. The molecule has 0 aromatic heterocycles. The van der Waals surface area contributed by atoms with Gasteiger partial charge in [0, 0.05) is 18.8 Å². The smallest absolute Gasteiger partial charge is 0.255 e. The number of anilines is 1. The first-order valence-corrected chi connectivity index (χ1v) is 5.54. The molecule has 1 aromatic rings.